The number of rotatable bonds is 6. The van der Waals surface area contributed by atoms with Crippen LogP contribution in [0.4, 0.5) is 0 Å². The molecule has 1 N–H and O–H groups in total. The first-order valence-electron chi connectivity index (χ1n) is 9.15. The second-order valence-electron chi connectivity index (χ2n) is 6.66. The van der Waals surface area contributed by atoms with Crippen molar-refractivity contribution in [3.8, 4) is 17.0 Å². The normalized spacial score (nSPS) is 11.0. The molecule has 0 aliphatic carbocycles. The predicted octanol–water partition coefficient (Wildman–Crippen LogP) is 5.05. The Balaban J connectivity index is 1.41. The minimum atomic E-state index is -0.0563. The highest BCUT2D eigenvalue weighted by Gasteiger charge is 2.12. The maximum absolute atomic E-state index is 12.5. The molecule has 0 spiro atoms. The molecule has 0 atom stereocenters. The number of thiazole rings is 1. The summed E-state index contributed by atoms with van der Waals surface area (Å²) in [5, 5.41) is 5.59. The van der Waals surface area contributed by atoms with Gasteiger partial charge in [-0.1, -0.05) is 23.7 Å². The van der Waals surface area contributed by atoms with E-state index in [0.717, 1.165) is 37.8 Å². The molecule has 0 fully saturated rings. The van der Waals surface area contributed by atoms with Crippen LogP contribution in [0.5, 0.6) is 5.75 Å². The molecule has 4 aromatic rings. The summed E-state index contributed by atoms with van der Waals surface area (Å²) in [6.45, 7) is 2.70. The SMILES string of the molecule is COc1ccc2c(ccn2CC(=O)NCc2nc(-c3ccc(Cl)cc3)c(C)s2)c1. The van der Waals surface area contributed by atoms with Crippen LogP contribution in [0.15, 0.2) is 54.7 Å². The van der Waals surface area contributed by atoms with E-state index < -0.39 is 0 Å². The third kappa shape index (κ3) is 4.28. The van der Waals surface area contributed by atoms with Gasteiger partial charge in [-0.05, 0) is 43.3 Å². The summed E-state index contributed by atoms with van der Waals surface area (Å²) in [5.74, 6) is 0.745. The minimum Gasteiger partial charge on any atom is -0.497 e. The fourth-order valence-electron chi connectivity index (χ4n) is 3.23. The highest BCUT2D eigenvalue weighted by molar-refractivity contribution is 7.12. The largest absolute Gasteiger partial charge is 0.497 e. The number of nitrogens with zero attached hydrogens (tertiary/aromatic N) is 2. The highest BCUT2D eigenvalue weighted by Crippen LogP contribution is 2.28. The van der Waals surface area contributed by atoms with Gasteiger partial charge in [0, 0.05) is 32.6 Å². The number of hydrogen-bond acceptors (Lipinski definition) is 4. The number of methoxy groups -OCH3 is 1. The number of carbonyl (C=O) groups is 1. The third-order valence-electron chi connectivity index (χ3n) is 4.69. The number of fused-ring (bicyclic) bond motifs is 1. The molecule has 29 heavy (non-hydrogen) atoms. The lowest BCUT2D eigenvalue weighted by molar-refractivity contribution is -0.121. The van der Waals surface area contributed by atoms with Gasteiger partial charge in [-0.25, -0.2) is 4.98 Å². The van der Waals surface area contributed by atoms with Crippen molar-refractivity contribution in [1.82, 2.24) is 14.9 Å². The Morgan fingerprint density at radius 3 is 2.76 bits per heavy atom. The van der Waals surface area contributed by atoms with Crippen LogP contribution in [0.2, 0.25) is 5.02 Å². The molecule has 5 nitrogen and oxygen atoms in total. The number of amides is 1. The van der Waals surface area contributed by atoms with E-state index in [2.05, 4.69) is 10.3 Å². The lowest BCUT2D eigenvalue weighted by Gasteiger charge is -2.07. The van der Waals surface area contributed by atoms with Gasteiger partial charge in [0.05, 0.1) is 19.3 Å². The van der Waals surface area contributed by atoms with Crippen LogP contribution >= 0.6 is 22.9 Å². The number of ether oxygens (including phenoxy) is 1. The zero-order valence-corrected chi connectivity index (χ0v) is 17.7. The standard InChI is InChI=1S/C22H20ClN3O2S/c1-14-22(15-3-5-17(23)6-4-15)25-21(29-14)12-24-20(27)13-26-10-9-16-11-18(28-2)7-8-19(16)26/h3-11H,12-13H2,1-2H3,(H,24,27). The van der Waals surface area contributed by atoms with Crippen LogP contribution in [0, 0.1) is 6.92 Å². The molecule has 0 unspecified atom stereocenters. The number of hydrogen-bond donors (Lipinski definition) is 1. The Labute approximate surface area is 177 Å². The van der Waals surface area contributed by atoms with E-state index >= 15 is 0 Å². The Morgan fingerprint density at radius 1 is 1.21 bits per heavy atom. The van der Waals surface area contributed by atoms with Crippen LogP contribution in [0.1, 0.15) is 9.88 Å². The first-order chi connectivity index (χ1) is 14.0. The number of aryl methyl sites for hydroxylation is 1. The first kappa shape index (κ1) is 19.5. The van der Waals surface area contributed by atoms with Gasteiger partial charge in [-0.3, -0.25) is 4.79 Å². The van der Waals surface area contributed by atoms with Crippen molar-refractivity contribution in [2.45, 2.75) is 20.0 Å². The highest BCUT2D eigenvalue weighted by atomic mass is 35.5. The number of halogens is 1. The molecule has 0 aliphatic heterocycles. The Hall–Kier alpha value is -2.83. The summed E-state index contributed by atoms with van der Waals surface area (Å²) < 4.78 is 7.18. The molecule has 2 heterocycles. The van der Waals surface area contributed by atoms with Crippen molar-refractivity contribution < 1.29 is 9.53 Å². The van der Waals surface area contributed by atoms with Crippen molar-refractivity contribution in [3.63, 3.8) is 0 Å². The molecule has 0 radical (unpaired) electrons. The summed E-state index contributed by atoms with van der Waals surface area (Å²) in [5.41, 5.74) is 2.95. The molecule has 0 bridgehead atoms. The summed E-state index contributed by atoms with van der Waals surface area (Å²) in [6.07, 6.45) is 1.91. The van der Waals surface area contributed by atoms with Crippen molar-refractivity contribution in [2.24, 2.45) is 0 Å². The Kier molecular flexibility index (Phi) is 5.56. The zero-order chi connectivity index (χ0) is 20.4. The summed E-state index contributed by atoms with van der Waals surface area (Å²) in [4.78, 5) is 18.3. The van der Waals surface area contributed by atoms with E-state index in [1.54, 1.807) is 18.4 Å². The molecule has 148 valence electrons. The summed E-state index contributed by atoms with van der Waals surface area (Å²) >= 11 is 7.56. The predicted molar refractivity (Wildman–Crippen MR) is 118 cm³/mol. The van der Waals surface area contributed by atoms with E-state index in [0.29, 0.717) is 11.6 Å². The average Bonchev–Trinajstić information content (AvgIpc) is 3.30. The third-order valence-corrected chi connectivity index (χ3v) is 5.91. The number of aromatic nitrogens is 2. The van der Waals surface area contributed by atoms with Crippen LogP contribution < -0.4 is 10.1 Å². The van der Waals surface area contributed by atoms with Gasteiger partial charge < -0.3 is 14.6 Å². The van der Waals surface area contributed by atoms with Gasteiger partial charge >= 0.3 is 0 Å². The molecule has 1 amide bonds. The first-order valence-corrected chi connectivity index (χ1v) is 10.3. The maximum Gasteiger partial charge on any atom is 0.240 e. The maximum atomic E-state index is 12.5. The monoisotopic (exact) mass is 425 g/mol. The van der Waals surface area contributed by atoms with Gasteiger partial charge in [0.15, 0.2) is 0 Å². The number of nitrogens with one attached hydrogen (secondary N) is 1. The second-order valence-corrected chi connectivity index (χ2v) is 8.39. The lowest BCUT2D eigenvalue weighted by Crippen LogP contribution is -2.26. The second kappa shape index (κ2) is 8.27. The molecule has 4 rings (SSSR count). The van der Waals surface area contributed by atoms with Gasteiger partial charge in [0.25, 0.3) is 0 Å². The van der Waals surface area contributed by atoms with Gasteiger partial charge in [0.1, 0.15) is 17.3 Å². The van der Waals surface area contributed by atoms with Crippen molar-refractivity contribution in [3.05, 3.63) is 69.6 Å². The Bertz CT molecular complexity index is 1160. The number of carbonyl (C=O) groups excluding carboxylic acids is 1. The average molecular weight is 426 g/mol. The molecular formula is C22H20ClN3O2S. The summed E-state index contributed by atoms with van der Waals surface area (Å²) in [7, 11) is 1.64. The van der Waals surface area contributed by atoms with Gasteiger partial charge in [-0.2, -0.15) is 0 Å². The molecule has 7 heteroatoms. The van der Waals surface area contributed by atoms with E-state index in [4.69, 9.17) is 16.3 Å². The fourth-order valence-corrected chi connectivity index (χ4v) is 4.25. The van der Waals surface area contributed by atoms with E-state index in [1.165, 1.54) is 0 Å². The van der Waals surface area contributed by atoms with Crippen LogP contribution in [-0.2, 0) is 17.9 Å². The topological polar surface area (TPSA) is 56.1 Å². The molecule has 2 aromatic carbocycles. The lowest BCUT2D eigenvalue weighted by atomic mass is 10.1. The Morgan fingerprint density at radius 2 is 2.00 bits per heavy atom. The van der Waals surface area contributed by atoms with Crippen LogP contribution in [0.25, 0.3) is 22.2 Å². The molecular weight excluding hydrogens is 406 g/mol. The minimum absolute atomic E-state index is 0.0563. The summed E-state index contributed by atoms with van der Waals surface area (Å²) in [6, 6.07) is 15.4. The zero-order valence-electron chi connectivity index (χ0n) is 16.1. The molecule has 0 aliphatic rings. The van der Waals surface area contributed by atoms with Gasteiger partial charge in [0.2, 0.25) is 5.91 Å². The van der Waals surface area contributed by atoms with Crippen molar-refractivity contribution >= 4 is 39.7 Å². The molecule has 0 saturated heterocycles. The van der Waals surface area contributed by atoms with E-state index in [-0.39, 0.29) is 12.5 Å². The van der Waals surface area contributed by atoms with Crippen LogP contribution in [-0.4, -0.2) is 22.6 Å². The smallest absolute Gasteiger partial charge is 0.240 e. The van der Waals surface area contributed by atoms with Crippen molar-refractivity contribution in [2.75, 3.05) is 7.11 Å². The number of benzene rings is 2. The quantitative estimate of drug-likeness (QED) is 0.470. The van der Waals surface area contributed by atoms with E-state index in [1.807, 2.05) is 66.2 Å². The van der Waals surface area contributed by atoms with Gasteiger partial charge in [-0.15, -0.1) is 11.3 Å². The molecule has 2 aromatic heterocycles. The molecule has 0 saturated carbocycles. The van der Waals surface area contributed by atoms with E-state index in [9.17, 15) is 4.79 Å². The van der Waals surface area contributed by atoms with Crippen LogP contribution in [0.3, 0.4) is 0 Å². The fraction of sp³-hybridized carbons (Fsp3) is 0.182. The van der Waals surface area contributed by atoms with Crippen molar-refractivity contribution in [1.29, 1.82) is 0 Å².